The molecule has 2 aliphatic rings. The molecular weight excluding hydrogens is 456 g/mol. The van der Waals surface area contributed by atoms with E-state index in [2.05, 4.69) is 27.8 Å². The van der Waals surface area contributed by atoms with Crippen LogP contribution in [0.3, 0.4) is 0 Å². The second kappa shape index (κ2) is 9.76. The normalized spacial score (nSPS) is 18.4. The van der Waals surface area contributed by atoms with E-state index < -0.39 is 6.10 Å². The van der Waals surface area contributed by atoms with Gasteiger partial charge in [-0.1, -0.05) is 19.1 Å². The number of hydrogen-bond acceptors (Lipinski definition) is 8. The molecule has 36 heavy (non-hydrogen) atoms. The Labute approximate surface area is 210 Å². The summed E-state index contributed by atoms with van der Waals surface area (Å²) >= 11 is 0. The number of aliphatic hydroxyl groups excluding tert-OH is 1. The lowest BCUT2D eigenvalue weighted by Gasteiger charge is -2.28. The molecule has 0 saturated carbocycles. The fourth-order valence-electron chi connectivity index (χ4n) is 5.52. The molecule has 2 saturated heterocycles. The Hall–Kier alpha value is -3.08. The summed E-state index contributed by atoms with van der Waals surface area (Å²) in [6.07, 6.45) is 2.98. The minimum Gasteiger partial charge on any atom is -0.385 e. The zero-order valence-electron chi connectivity index (χ0n) is 21.0. The van der Waals surface area contributed by atoms with Crippen LogP contribution in [0.25, 0.3) is 28.1 Å². The topological polar surface area (TPSA) is 106 Å². The van der Waals surface area contributed by atoms with Crippen molar-refractivity contribution in [3.63, 3.8) is 0 Å². The zero-order chi connectivity index (χ0) is 24.6. The number of nitrogens with zero attached hydrogens (tertiary/aromatic N) is 7. The van der Waals surface area contributed by atoms with E-state index >= 15 is 0 Å². The number of aryl methyl sites for hydroxylation is 2. The molecule has 1 unspecified atom stereocenters. The molecule has 0 spiro atoms. The van der Waals surface area contributed by atoms with Crippen molar-refractivity contribution in [1.82, 2.24) is 34.4 Å². The van der Waals surface area contributed by atoms with Gasteiger partial charge in [-0.2, -0.15) is 9.97 Å². The summed E-state index contributed by atoms with van der Waals surface area (Å²) in [7, 11) is 1.95. The Kier molecular flexibility index (Phi) is 6.32. The predicted molar refractivity (Wildman–Crippen MR) is 139 cm³/mol. The van der Waals surface area contributed by atoms with Crippen LogP contribution in [0, 0.1) is 5.92 Å². The first-order valence-electron chi connectivity index (χ1n) is 13.1. The van der Waals surface area contributed by atoms with Gasteiger partial charge in [-0.25, -0.2) is 9.97 Å². The fourth-order valence-corrected chi connectivity index (χ4v) is 5.52. The van der Waals surface area contributed by atoms with Gasteiger partial charge in [0.05, 0.1) is 24.2 Å². The number of ether oxygens (including phenoxy) is 1. The Morgan fingerprint density at radius 1 is 1.08 bits per heavy atom. The number of fused-ring (bicyclic) bond motifs is 2. The fraction of sp³-hybridized carbons (Fsp3) is 0.538. The van der Waals surface area contributed by atoms with Gasteiger partial charge < -0.3 is 24.6 Å². The molecule has 6 rings (SSSR count). The maximum absolute atomic E-state index is 11.2. The molecule has 10 nitrogen and oxygen atoms in total. The van der Waals surface area contributed by atoms with Gasteiger partial charge in [0, 0.05) is 26.6 Å². The average molecular weight is 491 g/mol. The second-order valence-electron chi connectivity index (χ2n) is 9.80. The van der Waals surface area contributed by atoms with Crippen LogP contribution in [0.5, 0.6) is 0 Å². The molecule has 2 N–H and O–H groups in total. The Morgan fingerprint density at radius 3 is 2.64 bits per heavy atom. The van der Waals surface area contributed by atoms with Crippen LogP contribution < -0.4 is 10.2 Å². The van der Waals surface area contributed by atoms with Crippen LogP contribution >= 0.6 is 0 Å². The number of piperidine rings is 1. The van der Waals surface area contributed by atoms with Gasteiger partial charge >= 0.3 is 0 Å². The molecular formula is C26H34N8O2. The lowest BCUT2D eigenvalue weighted by molar-refractivity contribution is 0.122. The molecule has 1 aromatic carbocycles. The molecule has 10 heteroatoms. The summed E-state index contributed by atoms with van der Waals surface area (Å²) in [6, 6.07) is 8.09. The van der Waals surface area contributed by atoms with E-state index in [1.54, 1.807) is 0 Å². The predicted octanol–water partition coefficient (Wildman–Crippen LogP) is 2.52. The van der Waals surface area contributed by atoms with Gasteiger partial charge in [0.25, 0.3) is 0 Å². The number of aromatic nitrogens is 6. The van der Waals surface area contributed by atoms with Gasteiger partial charge in [-0.3, -0.25) is 4.57 Å². The summed E-state index contributed by atoms with van der Waals surface area (Å²) in [5.74, 6) is 3.42. The van der Waals surface area contributed by atoms with Crippen LogP contribution in [0.1, 0.15) is 43.9 Å². The number of morpholine rings is 1. The maximum Gasteiger partial charge on any atom is 0.239 e. The van der Waals surface area contributed by atoms with Crippen molar-refractivity contribution < 1.29 is 9.84 Å². The van der Waals surface area contributed by atoms with Gasteiger partial charge in [-0.05, 0) is 50.4 Å². The van der Waals surface area contributed by atoms with Crippen LogP contribution in [0.2, 0.25) is 0 Å². The van der Waals surface area contributed by atoms with Crippen LogP contribution in [0.4, 0.5) is 5.82 Å². The summed E-state index contributed by atoms with van der Waals surface area (Å²) in [6.45, 7) is 6.88. The minimum absolute atomic E-state index is 0.492. The first-order chi connectivity index (χ1) is 17.6. The van der Waals surface area contributed by atoms with Gasteiger partial charge in [0.15, 0.2) is 17.0 Å². The molecule has 0 amide bonds. The lowest BCUT2D eigenvalue weighted by atomic mass is 9.92. The van der Waals surface area contributed by atoms with E-state index in [1.165, 1.54) is 0 Å². The Balaban J connectivity index is 1.49. The molecule has 4 aromatic rings. The quantitative estimate of drug-likeness (QED) is 0.425. The standard InChI is InChI=1S/C26H34N8O2/c1-3-21-28-18-6-4-5-7-19(18)34(21)26-30-24-22(25(31-26)33-12-14-36-15-13-33)29-23(32(24)2)20(35)16-17-8-10-27-11-9-17/h4-7,17,20,27,35H,3,8-16H2,1-2H3. The highest BCUT2D eigenvalue weighted by Crippen LogP contribution is 2.32. The Morgan fingerprint density at radius 2 is 1.86 bits per heavy atom. The molecule has 5 heterocycles. The summed E-state index contributed by atoms with van der Waals surface area (Å²) < 4.78 is 9.61. The SMILES string of the molecule is CCc1nc2ccccc2n1-c1nc(N2CCOCC2)c2nc(C(O)CC3CCNCC3)n(C)c2n1. The van der Waals surface area contributed by atoms with Crippen molar-refractivity contribution in [2.75, 3.05) is 44.3 Å². The zero-order valence-corrected chi connectivity index (χ0v) is 21.0. The maximum atomic E-state index is 11.2. The lowest BCUT2D eigenvalue weighted by Crippen LogP contribution is -2.37. The average Bonchev–Trinajstić information content (AvgIpc) is 3.47. The highest BCUT2D eigenvalue weighted by molar-refractivity contribution is 5.86. The monoisotopic (exact) mass is 490 g/mol. The number of hydrogen-bond donors (Lipinski definition) is 2. The third kappa shape index (κ3) is 4.12. The molecule has 0 bridgehead atoms. The smallest absolute Gasteiger partial charge is 0.239 e. The van der Waals surface area contributed by atoms with E-state index in [-0.39, 0.29) is 0 Å². The highest BCUT2D eigenvalue weighted by atomic mass is 16.5. The summed E-state index contributed by atoms with van der Waals surface area (Å²) in [4.78, 5) is 22.1. The first-order valence-corrected chi connectivity index (χ1v) is 13.1. The minimum atomic E-state index is -0.645. The second-order valence-corrected chi connectivity index (χ2v) is 9.80. The first kappa shape index (κ1) is 23.3. The number of rotatable bonds is 6. The van der Waals surface area contributed by atoms with E-state index in [0.29, 0.717) is 37.3 Å². The molecule has 2 fully saturated rings. The summed E-state index contributed by atoms with van der Waals surface area (Å²) in [5.41, 5.74) is 3.36. The van der Waals surface area contributed by atoms with Crippen molar-refractivity contribution in [2.24, 2.45) is 13.0 Å². The number of para-hydroxylation sites is 2. The van der Waals surface area contributed by atoms with Crippen molar-refractivity contribution >= 4 is 28.0 Å². The van der Waals surface area contributed by atoms with Gasteiger partial charge in [-0.15, -0.1) is 0 Å². The Bertz CT molecular complexity index is 1370. The molecule has 0 radical (unpaired) electrons. The van der Waals surface area contributed by atoms with E-state index in [4.69, 9.17) is 24.7 Å². The number of aliphatic hydroxyl groups is 1. The van der Waals surface area contributed by atoms with Gasteiger partial charge in [0.1, 0.15) is 17.8 Å². The number of anilines is 1. The molecule has 0 aliphatic carbocycles. The molecule has 3 aromatic heterocycles. The van der Waals surface area contributed by atoms with Gasteiger partial charge in [0.2, 0.25) is 5.95 Å². The summed E-state index contributed by atoms with van der Waals surface area (Å²) in [5, 5.41) is 14.6. The van der Waals surface area contributed by atoms with Crippen molar-refractivity contribution in [3.8, 4) is 5.95 Å². The van der Waals surface area contributed by atoms with Crippen molar-refractivity contribution in [2.45, 2.75) is 38.7 Å². The third-order valence-electron chi connectivity index (χ3n) is 7.49. The van der Waals surface area contributed by atoms with E-state index in [1.807, 2.05) is 29.8 Å². The van der Waals surface area contributed by atoms with E-state index in [9.17, 15) is 5.11 Å². The largest absolute Gasteiger partial charge is 0.385 e. The molecule has 2 aliphatic heterocycles. The van der Waals surface area contributed by atoms with Crippen molar-refractivity contribution in [1.29, 1.82) is 0 Å². The van der Waals surface area contributed by atoms with Crippen molar-refractivity contribution in [3.05, 3.63) is 35.9 Å². The van der Waals surface area contributed by atoms with E-state index in [0.717, 1.165) is 79.3 Å². The third-order valence-corrected chi connectivity index (χ3v) is 7.49. The molecule has 1 atom stereocenters. The van der Waals surface area contributed by atoms with Crippen LogP contribution in [-0.4, -0.2) is 73.6 Å². The van der Waals surface area contributed by atoms with Crippen LogP contribution in [-0.2, 0) is 18.2 Å². The highest BCUT2D eigenvalue weighted by Gasteiger charge is 2.27. The number of benzene rings is 1. The van der Waals surface area contributed by atoms with Crippen LogP contribution in [0.15, 0.2) is 24.3 Å². The number of nitrogens with one attached hydrogen (secondary N) is 1. The molecule has 190 valence electrons. The number of imidazole rings is 2.